The second-order valence-corrected chi connectivity index (χ2v) is 10.4. The van der Waals surface area contributed by atoms with E-state index in [1.807, 2.05) is 6.33 Å². The molecule has 2 aromatic carbocycles. The van der Waals surface area contributed by atoms with Crippen LogP contribution < -0.4 is 0 Å². The van der Waals surface area contributed by atoms with Gasteiger partial charge in [-0.05, 0) is 70.5 Å². The highest BCUT2D eigenvalue weighted by Crippen LogP contribution is 2.48. The Bertz CT molecular complexity index is 1350. The maximum absolute atomic E-state index is 5.56. The lowest BCUT2D eigenvalue weighted by molar-refractivity contribution is 0.178. The number of benzene rings is 2. The molecule has 1 saturated carbocycles. The van der Waals surface area contributed by atoms with Crippen LogP contribution in [0.15, 0.2) is 70.8 Å². The van der Waals surface area contributed by atoms with Crippen LogP contribution in [0, 0.1) is 9.49 Å². The third-order valence-electron chi connectivity index (χ3n) is 6.85. The zero-order valence-corrected chi connectivity index (χ0v) is 20.2. The summed E-state index contributed by atoms with van der Waals surface area (Å²) in [4.78, 5) is 13.9. The lowest BCUT2D eigenvalue weighted by Crippen LogP contribution is -2.37. The molecule has 6 heteroatoms. The first kappa shape index (κ1) is 19.9. The summed E-state index contributed by atoms with van der Waals surface area (Å²) in [5, 5.41) is 0. The molecule has 5 nitrogen and oxygen atoms in total. The van der Waals surface area contributed by atoms with Crippen LogP contribution in [0.1, 0.15) is 49.1 Å². The number of fused-ring (bicyclic) bond motifs is 3. The van der Waals surface area contributed by atoms with Gasteiger partial charge in [0.05, 0.1) is 29.8 Å². The molecule has 0 N–H and O–H groups in total. The van der Waals surface area contributed by atoms with Gasteiger partial charge in [-0.15, -0.1) is 0 Å². The van der Waals surface area contributed by atoms with E-state index in [1.165, 1.54) is 33.9 Å². The summed E-state index contributed by atoms with van der Waals surface area (Å²) in [5.74, 6) is 1.45. The fourth-order valence-corrected chi connectivity index (χ4v) is 6.06. The molecule has 0 radical (unpaired) electrons. The molecule has 32 heavy (non-hydrogen) atoms. The summed E-state index contributed by atoms with van der Waals surface area (Å²) >= 11 is 2.41. The van der Waals surface area contributed by atoms with Crippen molar-refractivity contribution in [2.45, 2.75) is 38.6 Å². The summed E-state index contributed by atoms with van der Waals surface area (Å²) in [7, 11) is 0. The van der Waals surface area contributed by atoms with E-state index < -0.39 is 0 Å². The van der Waals surface area contributed by atoms with Crippen molar-refractivity contribution >= 4 is 28.3 Å². The molecule has 6 rings (SSSR count). The number of aromatic nitrogens is 3. The van der Waals surface area contributed by atoms with Gasteiger partial charge in [-0.3, -0.25) is 9.56 Å². The molecular weight excluding hydrogens is 511 g/mol. The predicted molar refractivity (Wildman–Crippen MR) is 133 cm³/mol. The quantitative estimate of drug-likeness (QED) is 0.296. The van der Waals surface area contributed by atoms with Crippen molar-refractivity contribution in [3.63, 3.8) is 0 Å². The van der Waals surface area contributed by atoms with Gasteiger partial charge in [0.2, 0.25) is 0 Å². The minimum absolute atomic E-state index is 0.235. The second-order valence-electron chi connectivity index (χ2n) is 9.23. The Labute approximate surface area is 200 Å². The van der Waals surface area contributed by atoms with Crippen molar-refractivity contribution in [3.8, 4) is 17.1 Å². The van der Waals surface area contributed by atoms with E-state index in [-0.39, 0.29) is 5.41 Å². The molecule has 1 aliphatic heterocycles. The van der Waals surface area contributed by atoms with Crippen LogP contribution in [0.25, 0.3) is 17.1 Å². The molecule has 0 amide bonds. The van der Waals surface area contributed by atoms with E-state index in [1.54, 1.807) is 6.20 Å². The fraction of sp³-hybridized carbons (Fsp3) is 0.269. The van der Waals surface area contributed by atoms with E-state index in [4.69, 9.17) is 9.41 Å². The largest absolute Gasteiger partial charge is 0.442 e. The summed E-state index contributed by atoms with van der Waals surface area (Å²) < 4.78 is 8.92. The Balaban J connectivity index is 1.57. The van der Waals surface area contributed by atoms with Gasteiger partial charge in [0.15, 0.2) is 12.2 Å². The van der Waals surface area contributed by atoms with Crippen molar-refractivity contribution in [1.29, 1.82) is 0 Å². The summed E-state index contributed by atoms with van der Waals surface area (Å²) in [6.07, 6.45) is 7.49. The van der Waals surface area contributed by atoms with Crippen LogP contribution in [-0.4, -0.2) is 20.2 Å². The Morgan fingerprint density at radius 3 is 2.72 bits per heavy atom. The number of nitrogens with zero attached hydrogens (tertiary/aromatic N) is 4. The van der Waals surface area contributed by atoms with Crippen molar-refractivity contribution in [1.82, 2.24) is 14.5 Å². The maximum Gasteiger partial charge on any atom is 0.181 e. The molecular formula is C26H23IN4O. The topological polar surface area (TPSA) is 56.2 Å². The van der Waals surface area contributed by atoms with E-state index in [0.29, 0.717) is 12.3 Å². The van der Waals surface area contributed by atoms with Crippen LogP contribution in [0.2, 0.25) is 0 Å². The average molecular weight is 534 g/mol. The average Bonchev–Trinajstić information content (AvgIpc) is 3.41. The number of aliphatic imine (C=N–C) groups is 1. The highest BCUT2D eigenvalue weighted by molar-refractivity contribution is 14.1. The SMILES string of the molecule is CC1CC(C)(c2ccc3c(c2)C(c2ccccc2I)=NCc2c(-c4cnco4)ncn2-3)C1. The molecule has 4 aromatic rings. The van der Waals surface area contributed by atoms with Crippen LogP contribution >= 0.6 is 22.6 Å². The minimum Gasteiger partial charge on any atom is -0.442 e. The molecule has 0 atom stereocenters. The highest BCUT2D eigenvalue weighted by Gasteiger charge is 2.39. The van der Waals surface area contributed by atoms with Crippen molar-refractivity contribution in [2.24, 2.45) is 10.9 Å². The van der Waals surface area contributed by atoms with Gasteiger partial charge >= 0.3 is 0 Å². The Morgan fingerprint density at radius 1 is 1.12 bits per heavy atom. The smallest absolute Gasteiger partial charge is 0.181 e. The van der Waals surface area contributed by atoms with Gasteiger partial charge < -0.3 is 4.42 Å². The number of hydrogen-bond acceptors (Lipinski definition) is 4. The first-order valence-electron chi connectivity index (χ1n) is 10.9. The van der Waals surface area contributed by atoms with Crippen molar-refractivity contribution in [2.75, 3.05) is 0 Å². The van der Waals surface area contributed by atoms with Gasteiger partial charge in [0.1, 0.15) is 12.0 Å². The molecule has 2 aliphatic rings. The summed E-state index contributed by atoms with van der Waals surface area (Å²) in [6.45, 7) is 5.25. The van der Waals surface area contributed by atoms with Crippen molar-refractivity contribution < 1.29 is 4.42 Å². The van der Waals surface area contributed by atoms with Gasteiger partial charge in [0.25, 0.3) is 0 Å². The third kappa shape index (κ3) is 3.07. The van der Waals surface area contributed by atoms with E-state index in [9.17, 15) is 0 Å². The van der Waals surface area contributed by atoms with E-state index in [2.05, 4.69) is 93.4 Å². The molecule has 0 unspecified atom stereocenters. The monoisotopic (exact) mass is 534 g/mol. The van der Waals surface area contributed by atoms with Gasteiger partial charge in [0, 0.05) is 14.7 Å². The minimum atomic E-state index is 0.235. The molecule has 1 fully saturated rings. The second kappa shape index (κ2) is 7.40. The number of hydrogen-bond donors (Lipinski definition) is 0. The Hall–Kier alpha value is -2.74. The van der Waals surface area contributed by atoms with Gasteiger partial charge in [-0.1, -0.05) is 38.1 Å². The fourth-order valence-electron chi connectivity index (χ4n) is 5.42. The van der Waals surface area contributed by atoms with Crippen molar-refractivity contribution in [3.05, 3.63) is 87.3 Å². The van der Waals surface area contributed by atoms with E-state index in [0.717, 1.165) is 34.3 Å². The summed E-state index contributed by atoms with van der Waals surface area (Å²) in [6, 6.07) is 15.4. The number of halogens is 1. The molecule has 0 saturated heterocycles. The first-order valence-corrected chi connectivity index (χ1v) is 12.0. The molecule has 0 bridgehead atoms. The van der Waals surface area contributed by atoms with Crippen LogP contribution in [0.3, 0.4) is 0 Å². The standard InChI is InChI=1S/C26H23IN4O/c1-16-10-26(2,11-16)17-7-8-21-19(9-17)24(18-5-3-4-6-20(18)27)29-12-22-25(30-14-31(21)22)23-13-28-15-32-23/h3-9,13-16H,10-12H2,1-2H3. The number of imidazole rings is 1. The molecule has 160 valence electrons. The number of oxazole rings is 1. The molecule has 3 heterocycles. The maximum atomic E-state index is 5.56. The Morgan fingerprint density at radius 2 is 1.97 bits per heavy atom. The van der Waals surface area contributed by atoms with E-state index >= 15 is 0 Å². The van der Waals surface area contributed by atoms with Gasteiger partial charge in [-0.2, -0.15) is 0 Å². The third-order valence-corrected chi connectivity index (χ3v) is 7.79. The number of rotatable bonds is 3. The Kier molecular flexibility index (Phi) is 4.61. The molecule has 2 aromatic heterocycles. The molecule has 0 spiro atoms. The summed E-state index contributed by atoms with van der Waals surface area (Å²) in [5.41, 5.74) is 7.91. The van der Waals surface area contributed by atoms with Crippen LogP contribution in [-0.2, 0) is 12.0 Å². The first-order chi connectivity index (χ1) is 15.5. The zero-order chi connectivity index (χ0) is 21.9. The highest BCUT2D eigenvalue weighted by atomic mass is 127. The normalized spacial score (nSPS) is 21.8. The van der Waals surface area contributed by atoms with Gasteiger partial charge in [-0.25, -0.2) is 9.97 Å². The van der Waals surface area contributed by atoms with Crippen LogP contribution in [0.4, 0.5) is 0 Å². The molecule has 1 aliphatic carbocycles. The zero-order valence-electron chi connectivity index (χ0n) is 18.0. The lowest BCUT2D eigenvalue weighted by atomic mass is 9.60. The lowest BCUT2D eigenvalue weighted by Gasteiger charge is -2.44. The predicted octanol–water partition coefficient (Wildman–Crippen LogP) is 6.17. The van der Waals surface area contributed by atoms with Crippen LogP contribution in [0.5, 0.6) is 0 Å².